The van der Waals surface area contributed by atoms with Crippen molar-refractivity contribution < 1.29 is 29.5 Å². The Hall–Kier alpha value is -5.34. The van der Waals surface area contributed by atoms with E-state index in [1.807, 2.05) is 0 Å². The van der Waals surface area contributed by atoms with E-state index >= 15 is 0 Å². The highest BCUT2D eigenvalue weighted by atomic mass is 16.6. The molecular weight excluding hydrogens is 504 g/mol. The molecule has 3 aromatic rings. The Morgan fingerprint density at radius 1 is 1.00 bits per heavy atom. The van der Waals surface area contributed by atoms with Crippen molar-refractivity contribution in [3.05, 3.63) is 90.9 Å². The molecule has 2 heterocycles. The number of carbonyl (C=O) groups is 3. The Bertz CT molecular complexity index is 1450. The normalized spacial score (nSPS) is 10.1. The van der Waals surface area contributed by atoms with Crippen LogP contribution in [-0.2, 0) is 23.7 Å². The van der Waals surface area contributed by atoms with Gasteiger partial charge in [0.2, 0.25) is 0 Å². The third-order valence-corrected chi connectivity index (χ3v) is 5.07. The number of ketones is 1. The highest BCUT2D eigenvalue weighted by molar-refractivity contribution is 6.27. The summed E-state index contributed by atoms with van der Waals surface area (Å²) < 4.78 is 2.36. The van der Waals surface area contributed by atoms with Crippen molar-refractivity contribution in [2.45, 2.75) is 6.42 Å². The summed E-state index contributed by atoms with van der Waals surface area (Å²) >= 11 is 0. The minimum absolute atomic E-state index is 0.175. The lowest BCUT2D eigenvalue weighted by atomic mass is 10.0. The summed E-state index contributed by atoms with van der Waals surface area (Å²) in [6.45, 7) is 0.892. The van der Waals surface area contributed by atoms with Gasteiger partial charge in [0.25, 0.3) is 11.2 Å². The van der Waals surface area contributed by atoms with Crippen LogP contribution in [0.2, 0.25) is 0 Å². The lowest BCUT2D eigenvalue weighted by Crippen LogP contribution is -2.37. The second-order valence-electron chi connectivity index (χ2n) is 7.64. The molecule has 1 aromatic carbocycles. The summed E-state index contributed by atoms with van der Waals surface area (Å²) in [7, 11) is 2.97. The van der Waals surface area contributed by atoms with Gasteiger partial charge in [0.05, 0.1) is 10.5 Å². The standard InChI is InChI=1S/C21H22N6O5.C2H2O4/c1-25-18(12-19(28)26(2)21(25)30)24-10-4-9-23-17-7-6-15(27(31)32)11-16(17)20(29)14-5-3-8-22-13-14;3-1(4)2(5)6/h3,5-8,11-13,23-24H,4,9-10H2,1-2H3;(H,3,4)(H,5,6). The van der Waals surface area contributed by atoms with Crippen molar-refractivity contribution in [2.24, 2.45) is 14.1 Å². The third kappa shape index (κ3) is 7.58. The van der Waals surface area contributed by atoms with Gasteiger partial charge in [-0.05, 0) is 24.6 Å². The van der Waals surface area contributed by atoms with Crippen molar-refractivity contribution in [1.82, 2.24) is 14.1 Å². The largest absolute Gasteiger partial charge is 0.473 e. The lowest BCUT2D eigenvalue weighted by Gasteiger charge is -2.13. The van der Waals surface area contributed by atoms with Crippen molar-refractivity contribution in [3.8, 4) is 0 Å². The quantitative estimate of drug-likeness (QED) is 0.0992. The fourth-order valence-corrected chi connectivity index (χ4v) is 3.07. The summed E-state index contributed by atoms with van der Waals surface area (Å²) in [5.41, 5.74) is -0.0550. The Kier molecular flexibility index (Phi) is 9.96. The number of aliphatic carboxylic acids is 2. The SMILES string of the molecule is Cn1c(NCCCNc2ccc([N+](=O)[O-])cc2C(=O)c2cccnc2)cc(=O)n(C)c1=O.O=C(O)C(=O)O. The van der Waals surface area contributed by atoms with Crippen molar-refractivity contribution >= 4 is 34.9 Å². The van der Waals surface area contributed by atoms with E-state index in [2.05, 4.69) is 15.6 Å². The predicted octanol–water partition coefficient (Wildman–Crippen LogP) is 0.688. The zero-order chi connectivity index (χ0) is 28.4. The summed E-state index contributed by atoms with van der Waals surface area (Å²) in [4.78, 5) is 69.4. The topological polar surface area (TPSA) is 216 Å². The molecule has 38 heavy (non-hydrogen) atoms. The van der Waals surface area contributed by atoms with E-state index in [0.717, 1.165) is 4.57 Å². The molecule has 15 nitrogen and oxygen atoms in total. The van der Waals surface area contributed by atoms with E-state index in [1.54, 1.807) is 19.2 Å². The molecule has 0 atom stereocenters. The van der Waals surface area contributed by atoms with Gasteiger partial charge in [-0.2, -0.15) is 0 Å². The number of carboxylic acids is 2. The maximum atomic E-state index is 12.9. The monoisotopic (exact) mass is 528 g/mol. The van der Waals surface area contributed by atoms with Crippen LogP contribution in [0.3, 0.4) is 0 Å². The zero-order valence-corrected chi connectivity index (χ0v) is 20.3. The average Bonchev–Trinajstić information content (AvgIpc) is 2.90. The maximum Gasteiger partial charge on any atom is 0.414 e. The third-order valence-electron chi connectivity index (χ3n) is 5.07. The van der Waals surface area contributed by atoms with E-state index in [9.17, 15) is 24.5 Å². The van der Waals surface area contributed by atoms with E-state index < -0.39 is 28.1 Å². The van der Waals surface area contributed by atoms with Crippen LogP contribution in [0.1, 0.15) is 22.3 Å². The molecule has 4 N–H and O–H groups in total. The number of hydrogen-bond acceptors (Lipinski definition) is 10. The molecule has 0 radical (unpaired) electrons. The predicted molar refractivity (Wildman–Crippen MR) is 135 cm³/mol. The molecule has 0 saturated carbocycles. The molecule has 0 spiro atoms. The Morgan fingerprint density at radius 2 is 1.66 bits per heavy atom. The van der Waals surface area contributed by atoms with E-state index in [1.165, 1.54) is 48.3 Å². The number of nitro benzene ring substituents is 1. The van der Waals surface area contributed by atoms with Gasteiger partial charge in [0.15, 0.2) is 5.78 Å². The molecule has 200 valence electrons. The number of benzene rings is 1. The van der Waals surface area contributed by atoms with Crippen LogP contribution in [0, 0.1) is 10.1 Å². The first kappa shape index (κ1) is 28.9. The van der Waals surface area contributed by atoms with Gasteiger partial charge < -0.3 is 20.8 Å². The van der Waals surface area contributed by atoms with Crippen molar-refractivity contribution in [2.75, 3.05) is 23.7 Å². The number of nitrogens with one attached hydrogen (secondary N) is 2. The van der Waals surface area contributed by atoms with Gasteiger partial charge >= 0.3 is 17.6 Å². The zero-order valence-electron chi connectivity index (χ0n) is 20.3. The van der Waals surface area contributed by atoms with Gasteiger partial charge in [0, 0.05) is 69.0 Å². The Morgan fingerprint density at radius 3 is 2.24 bits per heavy atom. The molecule has 0 saturated heterocycles. The van der Waals surface area contributed by atoms with Crippen LogP contribution in [0.25, 0.3) is 0 Å². The summed E-state index contributed by atoms with van der Waals surface area (Å²) in [5.74, 6) is -3.62. The number of non-ortho nitro benzene ring substituents is 1. The molecule has 15 heteroatoms. The minimum Gasteiger partial charge on any atom is -0.473 e. The molecule has 0 fully saturated rings. The Labute approximate surface area is 214 Å². The van der Waals surface area contributed by atoms with Gasteiger partial charge in [0.1, 0.15) is 5.82 Å². The molecule has 0 unspecified atom stereocenters. The van der Waals surface area contributed by atoms with E-state index in [-0.39, 0.29) is 17.0 Å². The number of hydrogen-bond donors (Lipinski definition) is 4. The van der Waals surface area contributed by atoms with Crippen LogP contribution in [0.5, 0.6) is 0 Å². The molecule has 0 aliphatic heterocycles. The summed E-state index contributed by atoms with van der Waals surface area (Å²) in [6.07, 6.45) is 3.53. The molecule has 2 aromatic heterocycles. The number of pyridine rings is 1. The highest BCUT2D eigenvalue weighted by Crippen LogP contribution is 2.24. The van der Waals surface area contributed by atoms with Gasteiger partial charge in [-0.25, -0.2) is 14.4 Å². The lowest BCUT2D eigenvalue weighted by molar-refractivity contribution is -0.384. The second-order valence-corrected chi connectivity index (χ2v) is 7.64. The van der Waals surface area contributed by atoms with Crippen LogP contribution >= 0.6 is 0 Å². The number of aromatic nitrogens is 3. The molecule has 0 aliphatic rings. The number of carboxylic acid groups (broad SMARTS) is 2. The first-order valence-electron chi connectivity index (χ1n) is 10.9. The number of anilines is 2. The smallest absolute Gasteiger partial charge is 0.414 e. The number of nitro groups is 1. The maximum absolute atomic E-state index is 12.9. The molecule has 0 bridgehead atoms. The minimum atomic E-state index is -1.82. The van der Waals surface area contributed by atoms with Gasteiger partial charge in [-0.15, -0.1) is 0 Å². The fraction of sp³-hybridized carbons (Fsp3) is 0.217. The van der Waals surface area contributed by atoms with Crippen LogP contribution in [-0.4, -0.2) is 60.1 Å². The summed E-state index contributed by atoms with van der Waals surface area (Å²) in [6, 6.07) is 8.63. The van der Waals surface area contributed by atoms with Crippen LogP contribution < -0.4 is 21.9 Å². The first-order valence-corrected chi connectivity index (χ1v) is 10.9. The molecule has 3 rings (SSSR count). The molecule has 0 aliphatic carbocycles. The Balaban J connectivity index is 0.000000757. The number of carbonyl (C=O) groups excluding carboxylic acids is 1. The number of nitrogens with zero attached hydrogens (tertiary/aromatic N) is 4. The van der Waals surface area contributed by atoms with Crippen molar-refractivity contribution in [3.63, 3.8) is 0 Å². The van der Waals surface area contributed by atoms with Crippen LogP contribution in [0.15, 0.2) is 58.4 Å². The highest BCUT2D eigenvalue weighted by Gasteiger charge is 2.18. The van der Waals surface area contributed by atoms with Gasteiger partial charge in [-0.3, -0.25) is 33.8 Å². The van der Waals surface area contributed by atoms with E-state index in [0.29, 0.717) is 36.6 Å². The summed E-state index contributed by atoms with van der Waals surface area (Å²) in [5, 5.41) is 32.1. The van der Waals surface area contributed by atoms with Crippen LogP contribution in [0.4, 0.5) is 17.2 Å². The fourth-order valence-electron chi connectivity index (χ4n) is 3.07. The van der Waals surface area contributed by atoms with Crippen molar-refractivity contribution in [1.29, 1.82) is 0 Å². The van der Waals surface area contributed by atoms with Gasteiger partial charge in [-0.1, -0.05) is 0 Å². The first-order chi connectivity index (χ1) is 17.9. The molecular formula is C23H24N6O9. The second kappa shape index (κ2) is 13.1. The average molecular weight is 528 g/mol. The van der Waals surface area contributed by atoms with E-state index in [4.69, 9.17) is 19.8 Å². The molecule has 0 amide bonds. The number of rotatable bonds is 9.